The summed E-state index contributed by atoms with van der Waals surface area (Å²) in [5, 5.41) is 23.1. The summed E-state index contributed by atoms with van der Waals surface area (Å²) in [7, 11) is 0. The van der Waals surface area contributed by atoms with E-state index in [2.05, 4.69) is 47.9 Å². The average Bonchev–Trinajstić information content (AvgIpc) is 4.06. The van der Waals surface area contributed by atoms with Gasteiger partial charge in [-0.05, 0) is 61.8 Å². The molecule has 0 saturated carbocycles. The van der Waals surface area contributed by atoms with Crippen molar-refractivity contribution in [3.8, 4) is 0 Å². The van der Waals surface area contributed by atoms with E-state index in [1.165, 1.54) is 4.90 Å². The molecule has 2 aromatic carbocycles. The van der Waals surface area contributed by atoms with Gasteiger partial charge in [0.2, 0.25) is 47.3 Å². The Morgan fingerprint density at radius 3 is 2.34 bits per heavy atom. The molecule has 2 aromatic heterocycles. The molecule has 12 N–H and O–H groups in total. The lowest BCUT2D eigenvalue weighted by Gasteiger charge is -2.33. The second-order valence-corrected chi connectivity index (χ2v) is 18.0. The number of para-hydroxylation sites is 1. The van der Waals surface area contributed by atoms with Gasteiger partial charge in [-0.1, -0.05) is 67.4 Å². The Morgan fingerprint density at radius 2 is 1.62 bits per heavy atom. The molecule has 2 fully saturated rings. The highest BCUT2D eigenvalue weighted by Crippen LogP contribution is 2.30. The first-order valence-electron chi connectivity index (χ1n) is 23.1. The average molecular weight is 938 g/mol. The van der Waals surface area contributed by atoms with Crippen molar-refractivity contribution in [3.63, 3.8) is 0 Å². The topological polar surface area (TPSA) is 325 Å². The number of fused-ring (bicyclic) bond motifs is 2. The zero-order valence-corrected chi connectivity index (χ0v) is 38.9. The van der Waals surface area contributed by atoms with Crippen molar-refractivity contribution >= 4 is 58.2 Å². The molecule has 21 heteroatoms. The number of aromatic amines is 1. The monoisotopic (exact) mass is 937 g/mol. The van der Waals surface area contributed by atoms with Crippen LogP contribution in [-0.4, -0.2) is 121 Å². The van der Waals surface area contributed by atoms with Crippen molar-refractivity contribution < 1.29 is 38.4 Å². The summed E-state index contributed by atoms with van der Waals surface area (Å²) < 4.78 is 1.60. The van der Waals surface area contributed by atoms with Crippen molar-refractivity contribution in [2.24, 2.45) is 23.1 Å². The second-order valence-electron chi connectivity index (χ2n) is 18.0. The fraction of sp³-hybridized carbons (Fsp3) is 0.489. The molecule has 8 atom stereocenters. The van der Waals surface area contributed by atoms with Crippen molar-refractivity contribution in [2.45, 2.75) is 128 Å². The fourth-order valence-electron chi connectivity index (χ4n) is 8.74. The molecule has 6 rings (SSSR count). The Balaban J connectivity index is 1.38. The summed E-state index contributed by atoms with van der Waals surface area (Å²) in [6.45, 7) is 7.62. The lowest BCUT2D eigenvalue weighted by molar-refractivity contribution is -0.143. The smallest absolute Gasteiger partial charge is 0.246 e. The van der Waals surface area contributed by atoms with Crippen LogP contribution < -0.4 is 43.8 Å². The van der Waals surface area contributed by atoms with Crippen molar-refractivity contribution in [3.05, 3.63) is 82.8 Å². The van der Waals surface area contributed by atoms with Gasteiger partial charge in [-0.3, -0.25) is 38.4 Å². The van der Waals surface area contributed by atoms with Crippen LogP contribution in [0.15, 0.2) is 54.9 Å². The zero-order chi connectivity index (χ0) is 49.2. The number of nitrogens with zero attached hydrogens (tertiary/aromatic N) is 4. The van der Waals surface area contributed by atoms with Gasteiger partial charge in [-0.2, -0.15) is 0 Å². The number of H-pyrrole nitrogens is 1. The minimum absolute atomic E-state index is 0.0191. The maximum Gasteiger partial charge on any atom is 0.246 e. The van der Waals surface area contributed by atoms with Crippen LogP contribution in [0, 0.1) is 19.8 Å². The Labute approximate surface area is 393 Å². The van der Waals surface area contributed by atoms with Crippen LogP contribution in [0.4, 0.5) is 0 Å². The van der Waals surface area contributed by atoms with Crippen LogP contribution in [0.2, 0.25) is 0 Å². The number of primary amides is 2. The lowest BCUT2D eigenvalue weighted by Crippen LogP contribution is -2.60. The van der Waals surface area contributed by atoms with E-state index >= 15 is 4.79 Å². The minimum Gasteiger partial charge on any atom is -0.370 e. The normalized spacial score (nSPS) is 24.5. The number of carbonyl (C=O) groups is 8. The van der Waals surface area contributed by atoms with E-state index in [0.717, 1.165) is 27.6 Å². The van der Waals surface area contributed by atoms with Crippen LogP contribution in [0.5, 0.6) is 0 Å². The number of aryl methyl sites for hydroxylation is 2. The first-order valence-corrected chi connectivity index (χ1v) is 23.1. The molecule has 0 radical (unpaired) electrons. The van der Waals surface area contributed by atoms with Crippen LogP contribution in [0.25, 0.3) is 10.9 Å². The third-order valence-corrected chi connectivity index (χ3v) is 12.9. The summed E-state index contributed by atoms with van der Waals surface area (Å²) in [6, 6.07) is 5.01. The van der Waals surface area contributed by atoms with E-state index in [4.69, 9.17) is 17.2 Å². The van der Waals surface area contributed by atoms with Crippen LogP contribution in [0.3, 0.4) is 0 Å². The fourth-order valence-corrected chi connectivity index (χ4v) is 8.74. The summed E-state index contributed by atoms with van der Waals surface area (Å²) in [5.41, 5.74) is 22.8. The minimum atomic E-state index is -1.58. The van der Waals surface area contributed by atoms with E-state index in [-0.39, 0.29) is 32.4 Å². The number of nitrogens with two attached hydrogens (primary N) is 3. The molecule has 3 unspecified atom stereocenters. The Kier molecular flexibility index (Phi) is 16.7. The molecule has 0 bridgehead atoms. The summed E-state index contributed by atoms with van der Waals surface area (Å²) in [6.07, 6.45) is 4.01. The van der Waals surface area contributed by atoms with Gasteiger partial charge in [0.15, 0.2) is 0 Å². The molecule has 2 aliphatic heterocycles. The summed E-state index contributed by atoms with van der Waals surface area (Å²) in [4.78, 5) is 114. The van der Waals surface area contributed by atoms with Gasteiger partial charge in [-0.25, -0.2) is 4.68 Å². The number of hydrogen-bond donors (Lipinski definition) is 9. The quantitative estimate of drug-likeness (QED) is 0.0996. The summed E-state index contributed by atoms with van der Waals surface area (Å²) in [5.74, 6) is -6.77. The predicted molar refractivity (Wildman–Crippen MR) is 250 cm³/mol. The standard InChI is InChI=1S/C47H63N13O8/c1-5-26(3)41-47(68)59-24-31(60-23-30(57-58-60)17-28-14-13-25(2)16-27(28)4)19-38(59)46(67)55-36(18-29-22-52-34-11-7-6-10-32(29)34)44(65)53-35(42(50)63)12-8-9-15-51-40(62)20-33(48)43(64)54-37(21-39(49)61)45(66)56-41/h6-7,10-11,13-14,16,22-23,26,31,33,35-38,41,52H,5,8-9,12,15,17-21,24,48H2,1-4H3,(H2,49,61)(H2,50,63)(H,51,62)(H,53,65)(H,54,64)(H,55,67)(H,56,66)/t26-,31?,33-,35?,36-,37?,38-,41-/m0/s1. The molecule has 0 aliphatic carbocycles. The van der Waals surface area contributed by atoms with Gasteiger partial charge < -0.3 is 53.7 Å². The van der Waals surface area contributed by atoms with Gasteiger partial charge in [0, 0.05) is 55.6 Å². The highest BCUT2D eigenvalue weighted by molar-refractivity contribution is 5.99. The lowest BCUT2D eigenvalue weighted by atomic mass is 9.96. The Bertz CT molecular complexity index is 2520. The van der Waals surface area contributed by atoms with Gasteiger partial charge >= 0.3 is 0 Å². The van der Waals surface area contributed by atoms with Crippen molar-refractivity contribution in [1.82, 2.24) is 51.5 Å². The molecule has 2 aliphatic rings. The molecule has 4 heterocycles. The Hall–Kier alpha value is -7.16. The van der Waals surface area contributed by atoms with Crippen LogP contribution >= 0.6 is 0 Å². The molecule has 0 spiro atoms. The molecular weight excluding hydrogens is 875 g/mol. The third-order valence-electron chi connectivity index (χ3n) is 12.9. The number of carbonyl (C=O) groups excluding carboxylic acids is 8. The molecule has 4 aromatic rings. The first kappa shape index (κ1) is 50.3. The van der Waals surface area contributed by atoms with Crippen LogP contribution in [0.1, 0.15) is 92.8 Å². The number of aromatic nitrogens is 4. The molecule has 364 valence electrons. The summed E-state index contributed by atoms with van der Waals surface area (Å²) >= 11 is 0. The highest BCUT2D eigenvalue weighted by atomic mass is 16.2. The maximum absolute atomic E-state index is 15.0. The number of rotatable bonds is 10. The van der Waals surface area contributed by atoms with E-state index in [1.54, 1.807) is 30.9 Å². The molecular formula is C47H63N13O8. The van der Waals surface area contributed by atoms with Gasteiger partial charge in [0.1, 0.15) is 30.2 Å². The molecule has 8 amide bonds. The Morgan fingerprint density at radius 1 is 0.882 bits per heavy atom. The molecule has 21 nitrogen and oxygen atoms in total. The number of hydrogen-bond acceptors (Lipinski definition) is 11. The SMILES string of the molecule is CC[C@H](C)[C@@H]1NC(=O)C(CC(N)=O)NC(=O)[C@@H](N)CC(=O)NCCCCC(C(N)=O)NC(=O)[C@H](Cc2c[nH]c3ccccc23)NC(=O)[C@@H]2CC(n3cc(Cc4ccc(C)cc4C)nn3)CN2C1=O. The maximum atomic E-state index is 15.0. The first-order chi connectivity index (χ1) is 32.4. The molecule has 68 heavy (non-hydrogen) atoms. The highest BCUT2D eigenvalue weighted by Gasteiger charge is 2.45. The number of nitrogens with one attached hydrogen (secondary N) is 6. The van der Waals surface area contributed by atoms with Crippen molar-refractivity contribution in [2.75, 3.05) is 13.1 Å². The van der Waals surface area contributed by atoms with Crippen molar-refractivity contribution in [1.29, 1.82) is 0 Å². The van der Waals surface area contributed by atoms with E-state index < -0.39 is 108 Å². The number of benzene rings is 2. The van der Waals surface area contributed by atoms with E-state index in [9.17, 15) is 33.6 Å². The van der Waals surface area contributed by atoms with Gasteiger partial charge in [0.05, 0.1) is 30.6 Å². The van der Waals surface area contributed by atoms with Crippen LogP contribution in [-0.2, 0) is 51.2 Å². The van der Waals surface area contributed by atoms with Gasteiger partial charge in [-0.15, -0.1) is 5.10 Å². The zero-order valence-electron chi connectivity index (χ0n) is 38.9. The van der Waals surface area contributed by atoms with E-state index in [1.807, 2.05) is 50.2 Å². The second kappa shape index (κ2) is 22.6. The van der Waals surface area contributed by atoms with Gasteiger partial charge in [0.25, 0.3) is 0 Å². The number of amides is 8. The largest absolute Gasteiger partial charge is 0.370 e. The predicted octanol–water partition coefficient (Wildman–Crippen LogP) is -0.285. The van der Waals surface area contributed by atoms with E-state index in [0.29, 0.717) is 36.9 Å². The molecule has 2 saturated heterocycles. The third kappa shape index (κ3) is 12.6.